The third kappa shape index (κ3) is 2.38. The van der Waals surface area contributed by atoms with E-state index in [2.05, 4.69) is 6.92 Å². The largest absolute Gasteiger partial charge is 0.398 e. The maximum absolute atomic E-state index is 12.8. The Morgan fingerprint density at radius 2 is 2.05 bits per heavy atom. The number of anilines is 1. The third-order valence-corrected chi connectivity index (χ3v) is 8.20. The molecule has 0 bridgehead atoms. The third-order valence-electron chi connectivity index (χ3n) is 4.85. The summed E-state index contributed by atoms with van der Waals surface area (Å²) in [7, 11) is -3.36. The lowest BCUT2D eigenvalue weighted by Gasteiger charge is -2.46. The molecular formula is C14H22N2O2S2. The van der Waals surface area contributed by atoms with Gasteiger partial charge in [0.05, 0.1) is 0 Å². The Labute approximate surface area is 125 Å². The maximum Gasteiger partial charge on any atom is 0.252 e. The van der Waals surface area contributed by atoms with Crippen LogP contribution in [0.5, 0.6) is 0 Å². The minimum absolute atomic E-state index is 0.195. The molecule has 2 aliphatic rings. The number of thiophene rings is 1. The highest BCUT2D eigenvalue weighted by molar-refractivity contribution is 7.91. The predicted molar refractivity (Wildman–Crippen MR) is 82.2 cm³/mol. The Bertz CT molecular complexity index is 582. The number of hydrogen-bond acceptors (Lipinski definition) is 4. The lowest BCUT2D eigenvalue weighted by atomic mass is 9.74. The number of nitrogen functional groups attached to an aromatic ring is 1. The molecule has 0 spiro atoms. The zero-order valence-corrected chi connectivity index (χ0v) is 13.4. The van der Waals surface area contributed by atoms with Crippen molar-refractivity contribution in [3.05, 3.63) is 11.4 Å². The fraction of sp³-hybridized carbons (Fsp3) is 0.714. The molecule has 1 aromatic heterocycles. The van der Waals surface area contributed by atoms with Crippen molar-refractivity contribution in [2.24, 2.45) is 11.8 Å². The van der Waals surface area contributed by atoms with Crippen molar-refractivity contribution in [2.75, 3.05) is 12.3 Å². The number of sulfonamides is 1. The molecule has 3 atom stereocenters. The molecule has 6 heteroatoms. The summed E-state index contributed by atoms with van der Waals surface area (Å²) in [5, 5.41) is 1.71. The van der Waals surface area contributed by atoms with E-state index in [1.54, 1.807) is 15.8 Å². The molecule has 1 saturated heterocycles. The zero-order chi connectivity index (χ0) is 14.3. The average Bonchev–Trinajstić information content (AvgIpc) is 2.87. The number of nitrogens with two attached hydrogens (primary N) is 1. The van der Waals surface area contributed by atoms with Crippen LogP contribution < -0.4 is 5.73 Å². The van der Waals surface area contributed by atoms with Crippen molar-refractivity contribution in [3.63, 3.8) is 0 Å². The Kier molecular flexibility index (Phi) is 3.81. The van der Waals surface area contributed by atoms with Gasteiger partial charge in [-0.05, 0) is 37.2 Å². The molecule has 1 aliphatic heterocycles. The van der Waals surface area contributed by atoms with Crippen LogP contribution in [-0.2, 0) is 10.0 Å². The highest BCUT2D eigenvalue weighted by Gasteiger charge is 2.43. The van der Waals surface area contributed by atoms with E-state index in [1.165, 1.54) is 24.2 Å². The monoisotopic (exact) mass is 314 g/mol. The summed E-state index contributed by atoms with van der Waals surface area (Å²) in [5.41, 5.74) is 6.23. The normalized spacial score (nSPS) is 31.9. The van der Waals surface area contributed by atoms with E-state index in [0.29, 0.717) is 28.3 Å². The van der Waals surface area contributed by atoms with Gasteiger partial charge in [-0.1, -0.05) is 19.8 Å². The summed E-state index contributed by atoms with van der Waals surface area (Å²) in [6.45, 7) is 2.93. The van der Waals surface area contributed by atoms with E-state index >= 15 is 0 Å². The van der Waals surface area contributed by atoms with Gasteiger partial charge in [0, 0.05) is 23.7 Å². The van der Waals surface area contributed by atoms with Crippen LogP contribution in [-0.4, -0.2) is 25.3 Å². The Balaban J connectivity index is 1.92. The predicted octanol–water partition coefficient (Wildman–Crippen LogP) is 2.92. The molecule has 0 radical (unpaired) electrons. The lowest BCUT2D eigenvalue weighted by Crippen LogP contribution is -2.52. The molecule has 112 valence electrons. The van der Waals surface area contributed by atoms with Crippen molar-refractivity contribution in [2.45, 2.75) is 49.3 Å². The van der Waals surface area contributed by atoms with Crippen LogP contribution in [0.1, 0.15) is 39.0 Å². The van der Waals surface area contributed by atoms with Crippen molar-refractivity contribution >= 4 is 27.0 Å². The molecular weight excluding hydrogens is 292 g/mol. The van der Waals surface area contributed by atoms with Crippen molar-refractivity contribution in [1.82, 2.24) is 4.31 Å². The van der Waals surface area contributed by atoms with Crippen LogP contribution in [0.15, 0.2) is 15.7 Å². The van der Waals surface area contributed by atoms with E-state index in [0.717, 1.165) is 19.3 Å². The van der Waals surface area contributed by atoms with E-state index in [1.807, 2.05) is 0 Å². The van der Waals surface area contributed by atoms with Crippen molar-refractivity contribution in [1.29, 1.82) is 0 Å². The minimum atomic E-state index is -3.36. The highest BCUT2D eigenvalue weighted by atomic mass is 32.2. The minimum Gasteiger partial charge on any atom is -0.398 e. The first-order valence-corrected chi connectivity index (χ1v) is 9.68. The van der Waals surface area contributed by atoms with Gasteiger partial charge in [0.2, 0.25) is 0 Å². The van der Waals surface area contributed by atoms with Crippen molar-refractivity contribution in [3.8, 4) is 0 Å². The number of nitrogens with zero attached hydrogens (tertiary/aromatic N) is 1. The van der Waals surface area contributed by atoms with Crippen LogP contribution in [0.25, 0.3) is 0 Å². The summed E-state index contributed by atoms with van der Waals surface area (Å²) < 4.78 is 27.8. The summed E-state index contributed by atoms with van der Waals surface area (Å²) in [5.74, 6) is 1.17. The van der Waals surface area contributed by atoms with Gasteiger partial charge in [-0.15, -0.1) is 11.3 Å². The van der Waals surface area contributed by atoms with E-state index in [4.69, 9.17) is 5.73 Å². The molecule has 2 fully saturated rings. The quantitative estimate of drug-likeness (QED) is 0.913. The number of hydrogen-bond donors (Lipinski definition) is 1. The summed E-state index contributed by atoms with van der Waals surface area (Å²) in [6.07, 6.45) is 5.54. The SMILES string of the molecule is CC1CCN(S(=O)(=O)c2cc(N)cs2)C2CCCCC12. The number of piperidine rings is 1. The average molecular weight is 314 g/mol. The molecule has 2 heterocycles. The van der Waals surface area contributed by atoms with Gasteiger partial charge in [-0.25, -0.2) is 8.42 Å². The molecule has 1 aromatic rings. The molecule has 3 rings (SSSR count). The molecule has 0 amide bonds. The van der Waals surface area contributed by atoms with Crippen LogP contribution in [0.4, 0.5) is 5.69 Å². The summed E-state index contributed by atoms with van der Waals surface area (Å²) >= 11 is 1.24. The van der Waals surface area contributed by atoms with Crippen LogP contribution in [0.3, 0.4) is 0 Å². The Morgan fingerprint density at radius 1 is 1.30 bits per heavy atom. The van der Waals surface area contributed by atoms with E-state index in [-0.39, 0.29) is 6.04 Å². The second kappa shape index (κ2) is 5.31. The molecule has 20 heavy (non-hydrogen) atoms. The summed E-state index contributed by atoms with van der Waals surface area (Å²) in [4.78, 5) is 0. The number of fused-ring (bicyclic) bond motifs is 1. The standard InChI is InChI=1S/C14H22N2O2S2/c1-10-6-7-16(13-5-3-2-4-12(10)13)20(17,18)14-8-11(15)9-19-14/h8-10,12-13H,2-7,15H2,1H3. The van der Waals surface area contributed by atoms with Crippen molar-refractivity contribution < 1.29 is 8.42 Å². The van der Waals surface area contributed by atoms with Crippen LogP contribution >= 0.6 is 11.3 Å². The van der Waals surface area contributed by atoms with Gasteiger partial charge in [0.25, 0.3) is 10.0 Å². The molecule has 2 N–H and O–H groups in total. The molecule has 3 unspecified atom stereocenters. The summed E-state index contributed by atoms with van der Waals surface area (Å²) in [6, 6.07) is 1.79. The fourth-order valence-corrected chi connectivity index (χ4v) is 6.67. The molecule has 0 aromatic carbocycles. The van der Waals surface area contributed by atoms with E-state index in [9.17, 15) is 8.42 Å². The highest BCUT2D eigenvalue weighted by Crippen LogP contribution is 2.41. The Hall–Kier alpha value is -0.590. The van der Waals surface area contributed by atoms with Gasteiger partial charge in [-0.2, -0.15) is 4.31 Å². The Morgan fingerprint density at radius 3 is 2.75 bits per heavy atom. The molecule has 1 aliphatic carbocycles. The van der Waals surface area contributed by atoms with Gasteiger partial charge in [0.15, 0.2) is 0 Å². The maximum atomic E-state index is 12.8. The van der Waals surface area contributed by atoms with Crippen LogP contribution in [0, 0.1) is 11.8 Å². The molecule has 1 saturated carbocycles. The van der Waals surface area contributed by atoms with Gasteiger partial charge in [0.1, 0.15) is 4.21 Å². The van der Waals surface area contributed by atoms with Crippen LogP contribution in [0.2, 0.25) is 0 Å². The smallest absolute Gasteiger partial charge is 0.252 e. The zero-order valence-electron chi connectivity index (χ0n) is 11.8. The van der Waals surface area contributed by atoms with Gasteiger partial charge < -0.3 is 5.73 Å². The van der Waals surface area contributed by atoms with Gasteiger partial charge >= 0.3 is 0 Å². The number of rotatable bonds is 2. The second-order valence-corrected chi connectivity index (χ2v) is 9.13. The first-order chi connectivity index (χ1) is 9.50. The molecule has 4 nitrogen and oxygen atoms in total. The van der Waals surface area contributed by atoms with Gasteiger partial charge in [-0.3, -0.25) is 0 Å². The van der Waals surface area contributed by atoms with E-state index < -0.39 is 10.0 Å². The lowest BCUT2D eigenvalue weighted by molar-refractivity contribution is 0.0828. The first-order valence-electron chi connectivity index (χ1n) is 7.36. The topological polar surface area (TPSA) is 63.4 Å². The first kappa shape index (κ1) is 14.4. The fourth-order valence-electron chi connectivity index (χ4n) is 3.75. The second-order valence-electron chi connectivity index (χ2n) is 6.10.